The Kier molecular flexibility index (Phi) is 5.99. The number of phenolic OH excluding ortho intramolecular Hbond substituents is 1. The molecule has 3 saturated heterocycles. The molecule has 202 valence electrons. The van der Waals surface area contributed by atoms with Gasteiger partial charge in [0.15, 0.2) is 5.82 Å². The van der Waals surface area contributed by atoms with Crippen molar-refractivity contribution in [3.63, 3.8) is 0 Å². The van der Waals surface area contributed by atoms with Crippen LogP contribution in [0.15, 0.2) is 42.6 Å². The SMILES string of the molecule is Oc1cc(-c2ncc3c(N4CCCCC4)nc(OC[C@@]45CCCN4C[C@H](F)C5)nc3c2F)c2ccccc2c1. The van der Waals surface area contributed by atoms with Gasteiger partial charge < -0.3 is 14.7 Å². The average Bonchev–Trinajstić information content (AvgIpc) is 3.47. The fraction of sp³-hybridized carbons (Fsp3) is 0.433. The van der Waals surface area contributed by atoms with Crippen molar-refractivity contribution in [3.8, 4) is 23.0 Å². The van der Waals surface area contributed by atoms with E-state index in [0.29, 0.717) is 29.7 Å². The van der Waals surface area contributed by atoms with E-state index in [1.54, 1.807) is 12.3 Å². The summed E-state index contributed by atoms with van der Waals surface area (Å²) in [6, 6.07) is 10.8. The first kappa shape index (κ1) is 24.5. The molecule has 2 aromatic carbocycles. The molecule has 3 aliphatic rings. The number of ether oxygens (including phenoxy) is 1. The van der Waals surface area contributed by atoms with Crippen molar-refractivity contribution >= 4 is 27.5 Å². The normalized spacial score (nSPS) is 23.5. The van der Waals surface area contributed by atoms with Crippen LogP contribution in [-0.4, -0.2) is 69.5 Å². The van der Waals surface area contributed by atoms with Crippen LogP contribution in [0.1, 0.15) is 38.5 Å². The third-order valence-corrected chi connectivity index (χ3v) is 8.63. The van der Waals surface area contributed by atoms with Gasteiger partial charge in [0.25, 0.3) is 0 Å². The van der Waals surface area contributed by atoms with Gasteiger partial charge in [-0.1, -0.05) is 24.3 Å². The monoisotopic (exact) mass is 531 g/mol. The lowest BCUT2D eigenvalue weighted by Gasteiger charge is -2.31. The lowest BCUT2D eigenvalue weighted by atomic mass is 9.95. The maximum atomic E-state index is 16.4. The minimum atomic E-state index is -0.862. The summed E-state index contributed by atoms with van der Waals surface area (Å²) in [4.78, 5) is 18.2. The van der Waals surface area contributed by atoms with Gasteiger partial charge in [0.05, 0.1) is 10.9 Å². The summed E-state index contributed by atoms with van der Waals surface area (Å²) in [5.74, 6) is 0.0666. The number of anilines is 1. The lowest BCUT2D eigenvalue weighted by molar-refractivity contribution is 0.107. The second-order valence-corrected chi connectivity index (χ2v) is 11.1. The van der Waals surface area contributed by atoms with E-state index in [9.17, 15) is 9.50 Å². The first-order valence-electron chi connectivity index (χ1n) is 13.9. The Morgan fingerprint density at radius 1 is 1.03 bits per heavy atom. The second kappa shape index (κ2) is 9.55. The largest absolute Gasteiger partial charge is 0.508 e. The fourth-order valence-corrected chi connectivity index (χ4v) is 6.76. The van der Waals surface area contributed by atoms with E-state index in [4.69, 9.17) is 9.72 Å². The number of aromatic hydroxyl groups is 1. The first-order chi connectivity index (χ1) is 19.0. The maximum Gasteiger partial charge on any atom is 0.319 e. The number of aromatic nitrogens is 3. The van der Waals surface area contributed by atoms with Crippen molar-refractivity contribution in [3.05, 3.63) is 48.4 Å². The molecule has 7 nitrogen and oxygen atoms in total. The van der Waals surface area contributed by atoms with Gasteiger partial charge in [-0.2, -0.15) is 9.97 Å². The summed E-state index contributed by atoms with van der Waals surface area (Å²) in [6.07, 6.45) is 6.28. The van der Waals surface area contributed by atoms with E-state index in [-0.39, 0.29) is 35.1 Å². The highest BCUT2D eigenvalue weighted by molar-refractivity contribution is 5.99. The molecular formula is C30H31F2N5O2. The minimum Gasteiger partial charge on any atom is -0.508 e. The fourth-order valence-electron chi connectivity index (χ4n) is 6.76. The number of nitrogens with zero attached hydrogens (tertiary/aromatic N) is 5. The van der Waals surface area contributed by atoms with Crippen LogP contribution in [-0.2, 0) is 0 Å². The van der Waals surface area contributed by atoms with E-state index in [0.717, 1.165) is 62.5 Å². The molecule has 0 saturated carbocycles. The van der Waals surface area contributed by atoms with E-state index >= 15 is 4.39 Å². The first-order valence-corrected chi connectivity index (χ1v) is 13.9. The van der Waals surface area contributed by atoms with Gasteiger partial charge in [-0.15, -0.1) is 0 Å². The van der Waals surface area contributed by atoms with Gasteiger partial charge >= 0.3 is 6.01 Å². The molecule has 0 spiro atoms. The van der Waals surface area contributed by atoms with Crippen LogP contribution in [0.4, 0.5) is 14.6 Å². The minimum absolute atomic E-state index is 0.0359. The molecule has 1 N–H and O–H groups in total. The molecule has 0 unspecified atom stereocenters. The zero-order valence-corrected chi connectivity index (χ0v) is 21.7. The van der Waals surface area contributed by atoms with Gasteiger partial charge in [-0.25, -0.2) is 8.78 Å². The molecule has 0 amide bonds. The smallest absolute Gasteiger partial charge is 0.319 e. The van der Waals surface area contributed by atoms with E-state index in [2.05, 4.69) is 19.8 Å². The molecule has 5 heterocycles. The van der Waals surface area contributed by atoms with Crippen molar-refractivity contribution in [1.82, 2.24) is 19.9 Å². The second-order valence-electron chi connectivity index (χ2n) is 11.1. The molecular weight excluding hydrogens is 500 g/mol. The molecule has 4 aromatic rings. The van der Waals surface area contributed by atoms with Crippen molar-refractivity contribution in [2.75, 3.05) is 37.7 Å². The third-order valence-electron chi connectivity index (χ3n) is 8.63. The van der Waals surface area contributed by atoms with E-state index < -0.39 is 12.0 Å². The summed E-state index contributed by atoms with van der Waals surface area (Å²) < 4.78 is 36.9. The molecule has 7 rings (SSSR count). The number of pyridine rings is 1. The molecule has 0 bridgehead atoms. The summed E-state index contributed by atoms with van der Waals surface area (Å²) in [5, 5.41) is 12.5. The maximum absolute atomic E-state index is 16.4. The molecule has 3 aliphatic heterocycles. The van der Waals surface area contributed by atoms with Crippen molar-refractivity contribution in [2.45, 2.75) is 50.2 Å². The molecule has 0 aliphatic carbocycles. The van der Waals surface area contributed by atoms with Crippen LogP contribution in [0.25, 0.3) is 32.9 Å². The summed E-state index contributed by atoms with van der Waals surface area (Å²) in [5.41, 5.74) is 0.380. The third kappa shape index (κ3) is 4.23. The Labute approximate surface area is 225 Å². The van der Waals surface area contributed by atoms with Gasteiger partial charge in [-0.3, -0.25) is 9.88 Å². The van der Waals surface area contributed by atoms with Crippen molar-refractivity contribution < 1.29 is 18.6 Å². The average molecular weight is 532 g/mol. The van der Waals surface area contributed by atoms with Crippen molar-refractivity contribution in [2.24, 2.45) is 0 Å². The topological polar surface area (TPSA) is 74.6 Å². The van der Waals surface area contributed by atoms with Crippen LogP contribution < -0.4 is 9.64 Å². The Morgan fingerprint density at radius 3 is 2.74 bits per heavy atom. The number of halogens is 2. The Morgan fingerprint density at radius 2 is 1.87 bits per heavy atom. The number of benzene rings is 2. The van der Waals surface area contributed by atoms with Gasteiger partial charge in [0, 0.05) is 37.8 Å². The molecule has 9 heteroatoms. The molecule has 39 heavy (non-hydrogen) atoms. The Balaban J connectivity index is 1.34. The lowest BCUT2D eigenvalue weighted by Crippen LogP contribution is -2.43. The predicted molar refractivity (Wildman–Crippen MR) is 147 cm³/mol. The summed E-state index contributed by atoms with van der Waals surface area (Å²) >= 11 is 0. The number of phenols is 1. The molecule has 0 radical (unpaired) electrons. The van der Waals surface area contributed by atoms with Crippen LogP contribution in [0.2, 0.25) is 0 Å². The van der Waals surface area contributed by atoms with E-state index in [1.807, 2.05) is 24.3 Å². The quantitative estimate of drug-likeness (QED) is 0.358. The number of rotatable bonds is 5. The Hall–Kier alpha value is -3.59. The van der Waals surface area contributed by atoms with E-state index in [1.165, 1.54) is 6.07 Å². The number of piperidine rings is 1. The van der Waals surface area contributed by atoms with Crippen LogP contribution in [0, 0.1) is 5.82 Å². The highest BCUT2D eigenvalue weighted by atomic mass is 19.1. The summed E-state index contributed by atoms with van der Waals surface area (Å²) in [7, 11) is 0. The predicted octanol–water partition coefficient (Wildman–Crippen LogP) is 5.64. The Bertz CT molecular complexity index is 1560. The summed E-state index contributed by atoms with van der Waals surface area (Å²) in [6.45, 7) is 3.20. The standard InChI is InChI=1S/C30H31F2N5O2/c31-20-15-30(9-6-12-37(30)17-20)18-39-29-34-27-24(28(35-29)36-10-4-1-5-11-36)16-33-26(25(27)32)23-14-21(38)13-19-7-2-3-8-22(19)23/h2-3,7-8,13-14,16,20,38H,1,4-6,9-12,15,17-18H2/t20-,30+/m1/s1. The number of hydrogen-bond donors (Lipinski definition) is 1. The molecule has 3 fully saturated rings. The molecule has 2 atom stereocenters. The van der Waals surface area contributed by atoms with Crippen molar-refractivity contribution in [1.29, 1.82) is 0 Å². The van der Waals surface area contributed by atoms with Crippen LogP contribution >= 0.6 is 0 Å². The zero-order valence-electron chi connectivity index (χ0n) is 21.7. The number of alkyl halides is 1. The van der Waals surface area contributed by atoms with Gasteiger partial charge in [0.2, 0.25) is 0 Å². The number of fused-ring (bicyclic) bond motifs is 3. The highest BCUT2D eigenvalue weighted by Crippen LogP contribution is 2.41. The zero-order chi connectivity index (χ0) is 26.6. The number of hydrogen-bond acceptors (Lipinski definition) is 7. The highest BCUT2D eigenvalue weighted by Gasteiger charge is 2.49. The van der Waals surface area contributed by atoms with Crippen LogP contribution in [0.3, 0.4) is 0 Å². The van der Waals surface area contributed by atoms with Gasteiger partial charge in [-0.05, 0) is 61.6 Å². The van der Waals surface area contributed by atoms with Gasteiger partial charge in [0.1, 0.15) is 35.6 Å². The van der Waals surface area contributed by atoms with Crippen LogP contribution in [0.5, 0.6) is 11.8 Å². The molecule has 2 aromatic heterocycles.